The second-order valence-corrected chi connectivity index (χ2v) is 6.07. The Kier molecular flexibility index (Phi) is 7.10. The first-order valence-corrected chi connectivity index (χ1v) is 7.50. The molecule has 0 aliphatic rings. The molecule has 2 N–H and O–H groups in total. The van der Waals surface area contributed by atoms with Gasteiger partial charge in [0.25, 0.3) is 0 Å². The minimum Gasteiger partial charge on any atom is -0.356 e. The van der Waals surface area contributed by atoms with Crippen LogP contribution in [0, 0.1) is 12.8 Å². The van der Waals surface area contributed by atoms with Crippen molar-refractivity contribution in [2.45, 2.75) is 33.7 Å². The summed E-state index contributed by atoms with van der Waals surface area (Å²) in [7, 11) is 0. The fraction of sp³-hybridized carbons (Fsp3) is 0.533. The van der Waals surface area contributed by atoms with Crippen LogP contribution >= 0.6 is 15.9 Å². The summed E-state index contributed by atoms with van der Waals surface area (Å²) in [5, 5.41) is 6.20. The maximum atomic E-state index is 11.5. The maximum Gasteiger partial charge on any atom is 0.221 e. The molecule has 0 aromatic heterocycles. The number of nitrogens with one attached hydrogen (secondary N) is 2. The van der Waals surface area contributed by atoms with Gasteiger partial charge in [-0.1, -0.05) is 41.9 Å². The predicted molar refractivity (Wildman–Crippen MR) is 83.1 cm³/mol. The quantitative estimate of drug-likeness (QED) is 0.756. The fourth-order valence-corrected chi connectivity index (χ4v) is 2.26. The lowest BCUT2D eigenvalue weighted by atomic mass is 10.1. The van der Waals surface area contributed by atoms with Crippen molar-refractivity contribution in [3.05, 3.63) is 33.8 Å². The van der Waals surface area contributed by atoms with Crippen molar-refractivity contribution in [1.29, 1.82) is 0 Å². The van der Waals surface area contributed by atoms with Gasteiger partial charge in [-0.05, 0) is 30.0 Å². The van der Waals surface area contributed by atoms with Gasteiger partial charge in [0.1, 0.15) is 0 Å². The van der Waals surface area contributed by atoms with E-state index < -0.39 is 0 Å². The Morgan fingerprint density at radius 2 is 2.11 bits per heavy atom. The number of amides is 1. The molecule has 1 amide bonds. The first-order valence-electron chi connectivity index (χ1n) is 6.71. The van der Waals surface area contributed by atoms with Crippen LogP contribution < -0.4 is 10.6 Å². The maximum absolute atomic E-state index is 11.5. The van der Waals surface area contributed by atoms with E-state index in [1.165, 1.54) is 11.1 Å². The molecule has 0 fully saturated rings. The molecule has 0 aliphatic carbocycles. The van der Waals surface area contributed by atoms with E-state index in [0.717, 1.165) is 17.6 Å². The van der Waals surface area contributed by atoms with Crippen molar-refractivity contribution in [3.63, 3.8) is 0 Å². The summed E-state index contributed by atoms with van der Waals surface area (Å²) in [4.78, 5) is 11.5. The molecular formula is C15H23BrN2O. The number of halogens is 1. The van der Waals surface area contributed by atoms with E-state index in [9.17, 15) is 4.79 Å². The number of rotatable bonds is 7. The van der Waals surface area contributed by atoms with Gasteiger partial charge in [-0.15, -0.1) is 0 Å². The summed E-state index contributed by atoms with van der Waals surface area (Å²) in [5.74, 6) is 0.615. The highest BCUT2D eigenvalue weighted by Crippen LogP contribution is 2.17. The van der Waals surface area contributed by atoms with Crippen LogP contribution in [-0.4, -0.2) is 19.0 Å². The first kappa shape index (κ1) is 16.2. The van der Waals surface area contributed by atoms with Gasteiger partial charge in [-0.25, -0.2) is 0 Å². The molecule has 0 saturated carbocycles. The average Bonchev–Trinajstić information content (AvgIpc) is 2.34. The molecule has 0 radical (unpaired) electrons. The average molecular weight is 327 g/mol. The van der Waals surface area contributed by atoms with Crippen LogP contribution in [0.1, 0.15) is 31.4 Å². The number of hydrogen-bond donors (Lipinski definition) is 2. The number of benzene rings is 1. The van der Waals surface area contributed by atoms with Gasteiger partial charge in [-0.2, -0.15) is 0 Å². The topological polar surface area (TPSA) is 41.1 Å². The molecule has 0 unspecified atom stereocenters. The Morgan fingerprint density at radius 3 is 2.74 bits per heavy atom. The van der Waals surface area contributed by atoms with E-state index in [-0.39, 0.29) is 5.91 Å². The second kappa shape index (κ2) is 8.33. The highest BCUT2D eigenvalue weighted by atomic mass is 79.9. The van der Waals surface area contributed by atoms with Gasteiger partial charge >= 0.3 is 0 Å². The summed E-state index contributed by atoms with van der Waals surface area (Å²) in [6.07, 6.45) is 0.524. The van der Waals surface area contributed by atoms with Crippen molar-refractivity contribution >= 4 is 21.8 Å². The summed E-state index contributed by atoms with van der Waals surface area (Å²) in [5.41, 5.74) is 2.46. The number of carbonyl (C=O) groups is 1. The molecule has 1 rings (SSSR count). The van der Waals surface area contributed by atoms with E-state index >= 15 is 0 Å². The minimum absolute atomic E-state index is 0.115. The van der Waals surface area contributed by atoms with Gasteiger partial charge in [0.2, 0.25) is 5.91 Å². The van der Waals surface area contributed by atoms with Crippen LogP contribution in [0.25, 0.3) is 0 Å². The molecule has 1 aromatic carbocycles. The molecule has 19 heavy (non-hydrogen) atoms. The first-order chi connectivity index (χ1) is 8.99. The molecule has 0 heterocycles. The van der Waals surface area contributed by atoms with Gasteiger partial charge in [0, 0.05) is 30.5 Å². The molecule has 3 nitrogen and oxygen atoms in total. The lowest BCUT2D eigenvalue weighted by Crippen LogP contribution is -2.30. The van der Waals surface area contributed by atoms with E-state index in [0.29, 0.717) is 18.9 Å². The molecule has 0 spiro atoms. The second-order valence-electron chi connectivity index (χ2n) is 5.22. The van der Waals surface area contributed by atoms with Crippen molar-refractivity contribution in [2.75, 3.05) is 13.1 Å². The zero-order valence-electron chi connectivity index (χ0n) is 11.9. The van der Waals surface area contributed by atoms with Crippen molar-refractivity contribution < 1.29 is 4.79 Å². The molecular weight excluding hydrogens is 304 g/mol. The largest absolute Gasteiger partial charge is 0.356 e. The number of aryl methyl sites for hydroxylation is 1. The Hall–Kier alpha value is -0.870. The zero-order chi connectivity index (χ0) is 14.3. The third-order valence-corrected chi connectivity index (χ3v) is 3.50. The minimum atomic E-state index is 0.115. The van der Waals surface area contributed by atoms with Crippen molar-refractivity contribution in [1.82, 2.24) is 10.6 Å². The van der Waals surface area contributed by atoms with Crippen LogP contribution in [0.3, 0.4) is 0 Å². The summed E-state index contributed by atoms with van der Waals surface area (Å²) < 4.78 is 1.12. The highest BCUT2D eigenvalue weighted by Gasteiger charge is 2.03. The van der Waals surface area contributed by atoms with Crippen LogP contribution in [0.5, 0.6) is 0 Å². The smallest absolute Gasteiger partial charge is 0.221 e. The molecule has 106 valence electrons. The van der Waals surface area contributed by atoms with E-state index in [2.05, 4.69) is 65.5 Å². The number of hydrogen-bond acceptors (Lipinski definition) is 2. The van der Waals surface area contributed by atoms with Gasteiger partial charge in [0.05, 0.1) is 0 Å². The summed E-state index contributed by atoms with van der Waals surface area (Å²) in [6.45, 7) is 8.48. The molecule has 0 atom stereocenters. The lowest BCUT2D eigenvalue weighted by Gasteiger charge is -2.09. The monoisotopic (exact) mass is 326 g/mol. The van der Waals surface area contributed by atoms with Crippen LogP contribution in [0.2, 0.25) is 0 Å². The Bertz CT molecular complexity index is 419. The summed E-state index contributed by atoms with van der Waals surface area (Å²) in [6, 6.07) is 6.30. The van der Waals surface area contributed by atoms with E-state index in [1.54, 1.807) is 0 Å². The van der Waals surface area contributed by atoms with Crippen molar-refractivity contribution in [2.24, 2.45) is 5.92 Å². The van der Waals surface area contributed by atoms with Crippen LogP contribution in [-0.2, 0) is 11.3 Å². The normalized spacial score (nSPS) is 10.8. The lowest BCUT2D eigenvalue weighted by molar-refractivity contribution is -0.121. The molecule has 1 aromatic rings. The van der Waals surface area contributed by atoms with Gasteiger partial charge in [0.15, 0.2) is 0 Å². The molecule has 0 saturated heterocycles. The molecule has 0 bridgehead atoms. The highest BCUT2D eigenvalue weighted by molar-refractivity contribution is 9.10. The predicted octanol–water partition coefficient (Wildman–Crippen LogP) is 3.01. The Morgan fingerprint density at radius 1 is 1.37 bits per heavy atom. The van der Waals surface area contributed by atoms with Gasteiger partial charge in [-0.3, -0.25) is 4.79 Å². The van der Waals surface area contributed by atoms with E-state index in [4.69, 9.17) is 0 Å². The Balaban J connectivity index is 2.22. The fourth-order valence-electron chi connectivity index (χ4n) is 1.63. The van der Waals surface area contributed by atoms with Gasteiger partial charge < -0.3 is 10.6 Å². The SMILES string of the molecule is Cc1ccc(CNCCC(=O)NCC(C)C)c(Br)c1. The Labute approximate surface area is 124 Å². The third-order valence-electron chi connectivity index (χ3n) is 2.76. The van der Waals surface area contributed by atoms with E-state index in [1.807, 2.05) is 0 Å². The van der Waals surface area contributed by atoms with Crippen LogP contribution in [0.4, 0.5) is 0 Å². The van der Waals surface area contributed by atoms with Crippen molar-refractivity contribution in [3.8, 4) is 0 Å². The molecule has 4 heteroatoms. The standard InChI is InChI=1S/C15H23BrN2O/c1-11(2)9-18-15(19)6-7-17-10-13-5-4-12(3)8-14(13)16/h4-5,8,11,17H,6-7,9-10H2,1-3H3,(H,18,19). The third kappa shape index (κ3) is 6.73. The zero-order valence-corrected chi connectivity index (χ0v) is 13.5. The summed E-state index contributed by atoms with van der Waals surface area (Å²) >= 11 is 3.55. The number of carbonyl (C=O) groups excluding carboxylic acids is 1. The molecule has 0 aliphatic heterocycles. The van der Waals surface area contributed by atoms with Crippen LogP contribution in [0.15, 0.2) is 22.7 Å².